The molecule has 5 heteroatoms. The number of imidazole rings is 1. The first kappa shape index (κ1) is 19.5. The van der Waals surface area contributed by atoms with Crippen LogP contribution < -0.4 is 10.1 Å². The van der Waals surface area contributed by atoms with Crippen molar-refractivity contribution in [2.75, 3.05) is 13.7 Å². The topological polar surface area (TPSA) is 56.2 Å². The Labute approximate surface area is 162 Å². The van der Waals surface area contributed by atoms with E-state index >= 15 is 0 Å². The van der Waals surface area contributed by atoms with Crippen molar-refractivity contribution in [2.24, 2.45) is 0 Å². The molecular weight excluding hydrogens is 338 g/mol. The molecule has 27 heavy (non-hydrogen) atoms. The molecule has 1 amide bonds. The van der Waals surface area contributed by atoms with Crippen molar-refractivity contribution in [1.82, 2.24) is 14.9 Å². The molecule has 1 aliphatic rings. The molecule has 0 unspecified atom stereocenters. The standard InChI is InChI=1S/C22H31N3O2/c1-5-6-7-10-23-22(26)19-14-25-13-17(8-9-20(25)24-19)18-11-15(2)21(27-4)16(3)12-18/h11-12,14,17H,5-10,13H2,1-4H3,(H,23,26)/t17-/m0/s1. The van der Waals surface area contributed by atoms with Gasteiger partial charge in [0, 0.05) is 31.6 Å². The number of nitrogens with zero attached hydrogens (tertiary/aromatic N) is 2. The molecule has 1 aliphatic heterocycles. The lowest BCUT2D eigenvalue weighted by molar-refractivity contribution is 0.0948. The van der Waals surface area contributed by atoms with E-state index in [0.717, 1.165) is 56.8 Å². The Morgan fingerprint density at radius 2 is 2.04 bits per heavy atom. The van der Waals surface area contributed by atoms with E-state index in [4.69, 9.17) is 4.74 Å². The molecule has 0 radical (unpaired) electrons. The minimum absolute atomic E-state index is 0.0549. The van der Waals surface area contributed by atoms with Gasteiger partial charge in [0.05, 0.1) is 7.11 Å². The summed E-state index contributed by atoms with van der Waals surface area (Å²) in [5.41, 5.74) is 4.24. The Bertz CT molecular complexity index is 787. The highest BCUT2D eigenvalue weighted by molar-refractivity contribution is 5.92. The van der Waals surface area contributed by atoms with Crippen LogP contribution in [0.5, 0.6) is 5.75 Å². The molecule has 1 N–H and O–H groups in total. The number of fused-ring (bicyclic) bond motifs is 1. The summed E-state index contributed by atoms with van der Waals surface area (Å²) in [7, 11) is 1.72. The van der Waals surface area contributed by atoms with Gasteiger partial charge in [0.2, 0.25) is 0 Å². The molecule has 0 aliphatic carbocycles. The van der Waals surface area contributed by atoms with Gasteiger partial charge in [-0.25, -0.2) is 4.98 Å². The van der Waals surface area contributed by atoms with E-state index < -0.39 is 0 Å². The zero-order valence-electron chi connectivity index (χ0n) is 17.0. The summed E-state index contributed by atoms with van der Waals surface area (Å²) in [6, 6.07) is 4.47. The first-order chi connectivity index (χ1) is 13.0. The van der Waals surface area contributed by atoms with E-state index in [0.29, 0.717) is 11.6 Å². The second-order valence-electron chi connectivity index (χ2n) is 7.58. The van der Waals surface area contributed by atoms with Crippen LogP contribution in [0.4, 0.5) is 0 Å². The third-order valence-corrected chi connectivity index (χ3v) is 5.45. The van der Waals surface area contributed by atoms with Gasteiger partial charge < -0.3 is 14.6 Å². The molecule has 1 aromatic carbocycles. The minimum atomic E-state index is -0.0549. The van der Waals surface area contributed by atoms with Crippen molar-refractivity contribution >= 4 is 5.91 Å². The van der Waals surface area contributed by atoms with Gasteiger partial charge >= 0.3 is 0 Å². The maximum Gasteiger partial charge on any atom is 0.271 e. The van der Waals surface area contributed by atoms with Crippen LogP contribution in [0.25, 0.3) is 0 Å². The lowest BCUT2D eigenvalue weighted by Crippen LogP contribution is -2.24. The van der Waals surface area contributed by atoms with E-state index in [-0.39, 0.29) is 5.91 Å². The van der Waals surface area contributed by atoms with Crippen molar-refractivity contribution in [3.63, 3.8) is 0 Å². The summed E-state index contributed by atoms with van der Waals surface area (Å²) >= 11 is 0. The number of benzene rings is 1. The molecule has 1 aromatic heterocycles. The van der Waals surface area contributed by atoms with Crippen molar-refractivity contribution in [2.45, 2.75) is 65.3 Å². The highest BCUT2D eigenvalue weighted by Gasteiger charge is 2.24. The maximum absolute atomic E-state index is 12.3. The highest BCUT2D eigenvalue weighted by Crippen LogP contribution is 2.33. The summed E-state index contributed by atoms with van der Waals surface area (Å²) in [4.78, 5) is 16.9. The first-order valence-corrected chi connectivity index (χ1v) is 10.0. The summed E-state index contributed by atoms with van der Waals surface area (Å²) < 4.78 is 7.65. The Morgan fingerprint density at radius 3 is 2.70 bits per heavy atom. The van der Waals surface area contributed by atoms with Crippen LogP contribution in [-0.4, -0.2) is 29.1 Å². The number of amides is 1. The Balaban J connectivity index is 1.70. The molecule has 0 fully saturated rings. The van der Waals surface area contributed by atoms with Gasteiger partial charge in [0.25, 0.3) is 5.91 Å². The predicted molar refractivity (Wildman–Crippen MR) is 108 cm³/mol. The fourth-order valence-corrected chi connectivity index (χ4v) is 4.03. The number of rotatable bonds is 7. The van der Waals surface area contributed by atoms with Gasteiger partial charge in [-0.3, -0.25) is 4.79 Å². The van der Waals surface area contributed by atoms with Crippen LogP contribution >= 0.6 is 0 Å². The monoisotopic (exact) mass is 369 g/mol. The number of aromatic nitrogens is 2. The molecule has 0 saturated heterocycles. The number of nitrogens with one attached hydrogen (secondary N) is 1. The zero-order valence-corrected chi connectivity index (χ0v) is 17.0. The Hall–Kier alpha value is -2.30. The fourth-order valence-electron chi connectivity index (χ4n) is 4.03. The molecule has 146 valence electrons. The fraction of sp³-hybridized carbons (Fsp3) is 0.545. The quantitative estimate of drug-likeness (QED) is 0.746. The molecule has 0 bridgehead atoms. The highest BCUT2D eigenvalue weighted by atomic mass is 16.5. The average molecular weight is 370 g/mol. The molecule has 3 rings (SSSR count). The second kappa shape index (κ2) is 8.59. The number of methoxy groups -OCH3 is 1. The molecule has 0 spiro atoms. The van der Waals surface area contributed by atoms with E-state index in [9.17, 15) is 4.79 Å². The largest absolute Gasteiger partial charge is 0.496 e. The van der Waals surface area contributed by atoms with Crippen molar-refractivity contribution in [3.05, 3.63) is 46.5 Å². The maximum atomic E-state index is 12.3. The van der Waals surface area contributed by atoms with Gasteiger partial charge in [-0.2, -0.15) is 0 Å². The Morgan fingerprint density at radius 1 is 1.30 bits per heavy atom. The van der Waals surface area contributed by atoms with Crippen LogP contribution in [-0.2, 0) is 13.0 Å². The van der Waals surface area contributed by atoms with Crippen LogP contribution in [0.3, 0.4) is 0 Å². The number of aryl methyl sites for hydroxylation is 3. The van der Waals surface area contributed by atoms with E-state index in [1.807, 2.05) is 6.20 Å². The predicted octanol–water partition coefficient (Wildman–Crippen LogP) is 4.16. The van der Waals surface area contributed by atoms with E-state index in [1.54, 1.807) is 7.11 Å². The molecular formula is C22H31N3O2. The number of carbonyl (C=O) groups excluding carboxylic acids is 1. The number of hydrogen-bond acceptors (Lipinski definition) is 3. The number of carbonyl (C=O) groups is 1. The van der Waals surface area contributed by atoms with Gasteiger partial charge in [-0.1, -0.05) is 31.9 Å². The van der Waals surface area contributed by atoms with E-state index in [2.05, 4.69) is 47.8 Å². The molecule has 2 heterocycles. The van der Waals surface area contributed by atoms with Crippen LogP contribution in [0, 0.1) is 13.8 Å². The number of ether oxygens (including phenoxy) is 1. The van der Waals surface area contributed by atoms with E-state index in [1.165, 1.54) is 16.7 Å². The summed E-state index contributed by atoms with van der Waals surface area (Å²) in [5, 5.41) is 2.98. The van der Waals surface area contributed by atoms with Gasteiger partial charge in [-0.15, -0.1) is 0 Å². The van der Waals surface area contributed by atoms with Gasteiger partial charge in [0.1, 0.15) is 17.3 Å². The third kappa shape index (κ3) is 4.34. The molecule has 0 saturated carbocycles. The third-order valence-electron chi connectivity index (χ3n) is 5.45. The van der Waals surface area contributed by atoms with Crippen molar-refractivity contribution < 1.29 is 9.53 Å². The first-order valence-electron chi connectivity index (χ1n) is 10.0. The van der Waals surface area contributed by atoms with Gasteiger partial charge in [0.15, 0.2) is 0 Å². The molecule has 5 nitrogen and oxygen atoms in total. The lowest BCUT2D eigenvalue weighted by Gasteiger charge is -2.25. The van der Waals surface area contributed by atoms with Crippen molar-refractivity contribution in [3.8, 4) is 5.75 Å². The molecule has 2 aromatic rings. The molecule has 1 atom stereocenters. The normalized spacial score (nSPS) is 16.1. The van der Waals surface area contributed by atoms with Crippen molar-refractivity contribution in [1.29, 1.82) is 0 Å². The number of unbranched alkanes of at least 4 members (excludes halogenated alkanes) is 2. The summed E-state index contributed by atoms with van der Waals surface area (Å²) in [6.45, 7) is 7.95. The SMILES string of the molecule is CCCCCNC(=O)c1cn2c(n1)CC[C@H](c1cc(C)c(OC)c(C)c1)C2. The Kier molecular flexibility index (Phi) is 6.19. The smallest absolute Gasteiger partial charge is 0.271 e. The number of hydrogen-bond donors (Lipinski definition) is 1. The zero-order chi connectivity index (χ0) is 19.4. The minimum Gasteiger partial charge on any atom is -0.496 e. The van der Waals surface area contributed by atoms with Gasteiger partial charge in [-0.05, 0) is 43.4 Å². The van der Waals surface area contributed by atoms with Crippen LogP contribution in [0.1, 0.15) is 71.5 Å². The van der Waals surface area contributed by atoms with Crippen LogP contribution in [0.15, 0.2) is 18.3 Å². The summed E-state index contributed by atoms with van der Waals surface area (Å²) in [5.74, 6) is 2.38. The average Bonchev–Trinajstić information content (AvgIpc) is 3.08. The second-order valence-corrected chi connectivity index (χ2v) is 7.58. The summed E-state index contributed by atoms with van der Waals surface area (Å²) in [6.07, 6.45) is 7.19. The lowest BCUT2D eigenvalue weighted by atomic mass is 9.89. The van der Waals surface area contributed by atoms with Crippen LogP contribution in [0.2, 0.25) is 0 Å².